The smallest absolute Gasteiger partial charge is 0.328 e. The van der Waals surface area contributed by atoms with E-state index in [1.165, 1.54) is 9.47 Å². The van der Waals surface area contributed by atoms with Gasteiger partial charge in [0.25, 0.3) is 0 Å². The molecule has 0 saturated carbocycles. The van der Waals surface area contributed by atoms with Crippen molar-refractivity contribution in [1.82, 2.24) is 9.47 Å². The molecule has 0 aliphatic carbocycles. The van der Waals surface area contributed by atoms with Crippen molar-refractivity contribution >= 4 is 45.9 Å². The topological polar surface area (TPSA) is 42.3 Å². The lowest BCUT2D eigenvalue weighted by Crippen LogP contribution is -2.26. The summed E-state index contributed by atoms with van der Waals surface area (Å²) in [6.07, 6.45) is 1.55. The summed E-state index contributed by atoms with van der Waals surface area (Å²) in [5.41, 5.74) is 2.45. The Kier molecular flexibility index (Phi) is 4.84. The lowest BCUT2D eigenvalue weighted by Gasteiger charge is -2.11. The number of ketones is 1. The van der Waals surface area contributed by atoms with E-state index in [0.29, 0.717) is 32.9 Å². The Morgan fingerprint density at radius 1 is 1.08 bits per heavy atom. The molecule has 128 valence electrons. The van der Waals surface area contributed by atoms with Crippen LogP contribution in [0.1, 0.15) is 21.5 Å². The summed E-state index contributed by atoms with van der Waals surface area (Å²) >= 11 is 12.1. The molecule has 2 aromatic carbocycles. The number of halogens is 2. The number of aromatic nitrogens is 1. The highest BCUT2D eigenvalue weighted by atomic mass is 35.5. The summed E-state index contributed by atoms with van der Waals surface area (Å²) in [6.45, 7) is 0. The van der Waals surface area contributed by atoms with E-state index in [2.05, 4.69) is 0 Å². The Labute approximate surface area is 155 Å². The molecule has 0 atom stereocenters. The predicted octanol–water partition coefficient (Wildman–Crippen LogP) is 4.79. The number of amides is 1. The van der Waals surface area contributed by atoms with Gasteiger partial charge in [0, 0.05) is 37.1 Å². The molecular formula is C19H16Cl2N2O2. The van der Waals surface area contributed by atoms with E-state index in [4.69, 9.17) is 23.2 Å². The normalized spacial score (nSPS) is 10.9. The number of benzene rings is 2. The Morgan fingerprint density at radius 2 is 1.76 bits per heavy atom. The minimum absolute atomic E-state index is 0.190. The molecule has 0 radical (unpaired) electrons. The summed E-state index contributed by atoms with van der Waals surface area (Å²) in [5.74, 6) is 0.196. The van der Waals surface area contributed by atoms with Gasteiger partial charge in [-0.05, 0) is 17.7 Å². The van der Waals surface area contributed by atoms with Crippen LogP contribution < -0.4 is 0 Å². The molecule has 3 rings (SSSR count). The Morgan fingerprint density at radius 3 is 2.36 bits per heavy atom. The van der Waals surface area contributed by atoms with Gasteiger partial charge < -0.3 is 4.90 Å². The molecule has 0 spiro atoms. The van der Waals surface area contributed by atoms with Crippen LogP contribution >= 0.6 is 23.2 Å². The molecule has 1 aromatic heterocycles. The zero-order chi connectivity index (χ0) is 18.1. The summed E-state index contributed by atoms with van der Waals surface area (Å²) < 4.78 is 1.45. The zero-order valence-corrected chi connectivity index (χ0v) is 15.3. The lowest BCUT2D eigenvalue weighted by molar-refractivity contribution is 0.104. The van der Waals surface area contributed by atoms with Crippen LogP contribution in [0, 0.1) is 0 Å². The van der Waals surface area contributed by atoms with Crippen molar-refractivity contribution in [3.8, 4) is 0 Å². The second-order valence-corrected chi connectivity index (χ2v) is 6.56. The van der Waals surface area contributed by atoms with Gasteiger partial charge in [-0.1, -0.05) is 41.9 Å². The van der Waals surface area contributed by atoms with Crippen molar-refractivity contribution in [2.75, 3.05) is 14.1 Å². The van der Waals surface area contributed by atoms with Gasteiger partial charge in [0.2, 0.25) is 0 Å². The van der Waals surface area contributed by atoms with Crippen molar-refractivity contribution in [1.29, 1.82) is 0 Å². The van der Waals surface area contributed by atoms with Gasteiger partial charge >= 0.3 is 6.03 Å². The molecule has 0 aliphatic heterocycles. The van der Waals surface area contributed by atoms with Gasteiger partial charge in [-0.25, -0.2) is 4.79 Å². The SMILES string of the molecule is CN(C)C(=O)n1cc(C(=O)c2ccc(CCl)cc2)c2c(Cl)cccc21. The number of hydrogen-bond donors (Lipinski definition) is 0. The van der Waals surface area contributed by atoms with E-state index < -0.39 is 0 Å². The van der Waals surface area contributed by atoms with Crippen LogP contribution in [0.4, 0.5) is 4.79 Å². The number of alkyl halides is 1. The molecule has 1 heterocycles. The van der Waals surface area contributed by atoms with Gasteiger partial charge in [0.15, 0.2) is 5.78 Å². The number of hydrogen-bond acceptors (Lipinski definition) is 2. The quantitative estimate of drug-likeness (QED) is 0.488. The highest BCUT2D eigenvalue weighted by Crippen LogP contribution is 2.30. The lowest BCUT2D eigenvalue weighted by atomic mass is 10.0. The van der Waals surface area contributed by atoms with Gasteiger partial charge in [-0.3, -0.25) is 9.36 Å². The summed E-state index contributed by atoms with van der Waals surface area (Å²) in [7, 11) is 3.32. The molecular weight excluding hydrogens is 359 g/mol. The molecule has 4 nitrogen and oxygen atoms in total. The largest absolute Gasteiger partial charge is 0.330 e. The standard InChI is InChI=1S/C19H16Cl2N2O2/c1-22(2)19(25)23-11-14(17-15(21)4-3-5-16(17)23)18(24)13-8-6-12(10-20)7-9-13/h3-9,11H,10H2,1-2H3. The minimum Gasteiger partial charge on any atom is -0.330 e. The molecule has 0 aliphatic rings. The van der Waals surface area contributed by atoms with Gasteiger partial charge in [-0.15, -0.1) is 11.6 Å². The predicted molar refractivity (Wildman–Crippen MR) is 101 cm³/mol. The molecule has 0 unspecified atom stereocenters. The van der Waals surface area contributed by atoms with Crippen LogP contribution in [0.5, 0.6) is 0 Å². The third-order valence-electron chi connectivity index (χ3n) is 3.98. The van der Waals surface area contributed by atoms with Crippen LogP contribution in [0.15, 0.2) is 48.7 Å². The highest BCUT2D eigenvalue weighted by Gasteiger charge is 2.22. The maximum atomic E-state index is 13.0. The molecule has 0 bridgehead atoms. The fourth-order valence-corrected chi connectivity index (χ4v) is 3.14. The van der Waals surface area contributed by atoms with E-state index >= 15 is 0 Å². The number of carbonyl (C=O) groups excluding carboxylic acids is 2. The first-order valence-electron chi connectivity index (χ1n) is 7.65. The first kappa shape index (κ1) is 17.5. The van der Waals surface area contributed by atoms with Crippen LogP contribution in [0.25, 0.3) is 10.9 Å². The Bertz CT molecular complexity index is 959. The van der Waals surface area contributed by atoms with Gasteiger partial charge in [-0.2, -0.15) is 0 Å². The summed E-state index contributed by atoms with van der Waals surface area (Å²) in [6, 6.07) is 12.1. The van der Waals surface area contributed by atoms with E-state index in [1.54, 1.807) is 50.6 Å². The zero-order valence-electron chi connectivity index (χ0n) is 13.8. The molecule has 0 fully saturated rings. The molecule has 0 saturated heterocycles. The maximum Gasteiger partial charge on any atom is 0.328 e. The van der Waals surface area contributed by atoms with Crippen molar-refractivity contribution in [2.45, 2.75) is 5.88 Å². The molecule has 6 heteroatoms. The fraction of sp³-hybridized carbons (Fsp3) is 0.158. The van der Waals surface area contributed by atoms with Gasteiger partial charge in [0.05, 0.1) is 16.1 Å². The van der Waals surface area contributed by atoms with Gasteiger partial charge in [0.1, 0.15) is 0 Å². The first-order chi connectivity index (χ1) is 11.9. The van der Waals surface area contributed by atoms with Crippen molar-refractivity contribution in [3.63, 3.8) is 0 Å². The highest BCUT2D eigenvalue weighted by molar-refractivity contribution is 6.37. The third kappa shape index (κ3) is 3.15. The van der Waals surface area contributed by atoms with E-state index in [9.17, 15) is 9.59 Å². The summed E-state index contributed by atoms with van der Waals surface area (Å²) in [4.78, 5) is 26.9. The van der Waals surface area contributed by atoms with Crippen LogP contribution in [0.2, 0.25) is 5.02 Å². The second kappa shape index (κ2) is 6.90. The average molecular weight is 375 g/mol. The van der Waals surface area contributed by atoms with E-state index in [-0.39, 0.29) is 11.8 Å². The fourth-order valence-electron chi connectivity index (χ4n) is 2.69. The van der Waals surface area contributed by atoms with Crippen molar-refractivity contribution in [3.05, 3.63) is 70.4 Å². The van der Waals surface area contributed by atoms with Crippen LogP contribution in [-0.2, 0) is 5.88 Å². The van der Waals surface area contributed by atoms with Crippen molar-refractivity contribution < 1.29 is 9.59 Å². The average Bonchev–Trinajstić information content (AvgIpc) is 3.01. The summed E-state index contributed by atoms with van der Waals surface area (Å²) in [5, 5.41) is 1.01. The first-order valence-corrected chi connectivity index (χ1v) is 8.56. The second-order valence-electron chi connectivity index (χ2n) is 5.88. The van der Waals surface area contributed by atoms with Crippen LogP contribution in [0.3, 0.4) is 0 Å². The number of nitrogens with zero attached hydrogens (tertiary/aromatic N) is 2. The maximum absolute atomic E-state index is 13.0. The van der Waals surface area contributed by atoms with Crippen molar-refractivity contribution in [2.24, 2.45) is 0 Å². The number of carbonyl (C=O) groups is 2. The molecule has 0 N–H and O–H groups in total. The molecule has 3 aromatic rings. The molecule has 25 heavy (non-hydrogen) atoms. The van der Waals surface area contributed by atoms with E-state index in [1.807, 2.05) is 12.1 Å². The number of fused-ring (bicyclic) bond motifs is 1. The van der Waals surface area contributed by atoms with Crippen LogP contribution in [-0.4, -0.2) is 35.4 Å². The molecule has 1 amide bonds. The monoisotopic (exact) mass is 374 g/mol. The van der Waals surface area contributed by atoms with E-state index in [0.717, 1.165) is 5.56 Å². The Balaban J connectivity index is 2.18. The minimum atomic E-state index is -0.246. The third-order valence-corrected chi connectivity index (χ3v) is 4.61. The Hall–Kier alpha value is -2.30. The number of rotatable bonds is 3.